The van der Waals surface area contributed by atoms with Gasteiger partial charge in [-0.05, 0) is 52.1 Å². The maximum atomic E-state index is 11.8. The Kier molecular flexibility index (Phi) is 5.40. The number of carbonyl (C=O) groups is 1. The molecule has 4 nitrogen and oxygen atoms in total. The summed E-state index contributed by atoms with van der Waals surface area (Å²) in [5.41, 5.74) is -1.56. The summed E-state index contributed by atoms with van der Waals surface area (Å²) in [5.74, 6) is -0.183. The molecule has 2 rings (SSSR count). The molecule has 0 saturated carbocycles. The molecule has 1 N–H and O–H groups in total. The van der Waals surface area contributed by atoms with E-state index in [-0.39, 0.29) is 11.6 Å². The first-order valence-electron chi connectivity index (χ1n) is 7.37. The third kappa shape index (κ3) is 4.54. The normalized spacial score (nSPS) is 12.5. The fourth-order valence-electron chi connectivity index (χ4n) is 2.01. The van der Waals surface area contributed by atoms with Gasteiger partial charge in [-0.2, -0.15) is 0 Å². The zero-order valence-corrected chi connectivity index (χ0v) is 16.5. The molecule has 1 aromatic carbocycles. The van der Waals surface area contributed by atoms with E-state index in [0.29, 0.717) is 10.8 Å². The lowest BCUT2D eigenvalue weighted by atomic mass is 10.1. The first kappa shape index (κ1) is 19.3. The van der Waals surface area contributed by atoms with Gasteiger partial charge in [0.15, 0.2) is 6.61 Å². The Balaban J connectivity index is 2.28. The van der Waals surface area contributed by atoms with E-state index >= 15 is 0 Å². The van der Waals surface area contributed by atoms with Crippen molar-refractivity contribution in [2.45, 2.75) is 45.8 Å². The number of hydrogen-bond donors (Lipinski definition) is 1. The summed E-state index contributed by atoms with van der Waals surface area (Å²) in [4.78, 5) is 12.5. The van der Waals surface area contributed by atoms with Crippen molar-refractivity contribution in [2.75, 3.05) is 6.61 Å². The van der Waals surface area contributed by atoms with Crippen molar-refractivity contribution in [2.24, 2.45) is 0 Å². The maximum Gasteiger partial charge on any atom is 0.344 e. The predicted octanol–water partition coefficient (Wildman–Crippen LogP) is 5.16. The highest BCUT2D eigenvalue weighted by atomic mass is 35.5. The quantitative estimate of drug-likeness (QED) is 0.732. The fraction of sp³-hybridized carbons (Fsp3) is 0.471. The second kappa shape index (κ2) is 6.71. The number of hydrogen-bond acceptors (Lipinski definition) is 5. The van der Waals surface area contributed by atoms with Crippen molar-refractivity contribution < 1.29 is 19.4 Å². The molecule has 0 aliphatic heterocycles. The first-order valence-corrected chi connectivity index (χ1v) is 8.95. The lowest BCUT2D eigenvalue weighted by Crippen LogP contribution is -2.27. The molecule has 0 bridgehead atoms. The minimum absolute atomic E-state index is 0.233. The highest BCUT2D eigenvalue weighted by Gasteiger charge is 2.23. The molecule has 0 saturated heterocycles. The van der Waals surface area contributed by atoms with Gasteiger partial charge >= 0.3 is 5.97 Å². The van der Waals surface area contributed by atoms with Gasteiger partial charge < -0.3 is 14.6 Å². The Labute approximate surface area is 155 Å². The average molecular weight is 391 g/mol. The van der Waals surface area contributed by atoms with Gasteiger partial charge in [0.2, 0.25) is 0 Å². The van der Waals surface area contributed by atoms with Crippen LogP contribution in [-0.4, -0.2) is 23.3 Å². The lowest BCUT2D eigenvalue weighted by Gasteiger charge is -2.19. The van der Waals surface area contributed by atoms with Crippen LogP contribution in [0.25, 0.3) is 10.1 Å². The minimum atomic E-state index is -0.975. The van der Waals surface area contributed by atoms with Crippen molar-refractivity contribution >= 4 is 50.6 Å². The topological polar surface area (TPSA) is 55.8 Å². The smallest absolute Gasteiger partial charge is 0.344 e. The van der Waals surface area contributed by atoms with Crippen molar-refractivity contribution in [3.63, 3.8) is 0 Å². The Morgan fingerprint density at radius 1 is 1.17 bits per heavy atom. The Hall–Kier alpha value is -1.01. The largest absolute Gasteiger partial charge is 0.480 e. The van der Waals surface area contributed by atoms with Crippen molar-refractivity contribution in [3.05, 3.63) is 27.1 Å². The summed E-state index contributed by atoms with van der Waals surface area (Å²) in [6.07, 6.45) is 0. The summed E-state index contributed by atoms with van der Waals surface area (Å²) < 4.78 is 11.4. The monoisotopic (exact) mass is 390 g/mol. The fourth-order valence-corrected chi connectivity index (χ4v) is 3.67. The highest BCUT2D eigenvalue weighted by molar-refractivity contribution is 7.20. The third-order valence-corrected chi connectivity index (χ3v) is 5.47. The molecule has 1 aromatic heterocycles. The van der Waals surface area contributed by atoms with E-state index in [1.165, 1.54) is 11.3 Å². The zero-order chi connectivity index (χ0) is 18.3. The molecule has 0 aliphatic rings. The van der Waals surface area contributed by atoms with Gasteiger partial charge in [0.05, 0.1) is 15.3 Å². The molecule has 0 amide bonds. The number of rotatable bonds is 4. The average Bonchev–Trinajstić information content (AvgIpc) is 2.83. The Bertz CT molecular complexity index is 769. The van der Waals surface area contributed by atoms with E-state index in [1.54, 1.807) is 40.7 Å². The number of benzene rings is 1. The second-order valence-corrected chi connectivity index (χ2v) is 8.77. The Morgan fingerprint density at radius 3 is 2.33 bits per heavy atom. The summed E-state index contributed by atoms with van der Waals surface area (Å²) in [6, 6.07) is 3.54. The van der Waals surface area contributed by atoms with Crippen LogP contribution in [0.2, 0.25) is 10.0 Å². The summed E-state index contributed by atoms with van der Waals surface area (Å²) in [6.45, 7) is 8.49. The minimum Gasteiger partial charge on any atom is -0.480 e. The van der Waals surface area contributed by atoms with Crippen LogP contribution in [0.3, 0.4) is 0 Å². The second-order valence-electron chi connectivity index (χ2n) is 6.97. The molecule has 0 unspecified atom stereocenters. The molecular weight excluding hydrogens is 371 g/mol. The SMILES string of the molecule is CC(C)(C)OC(=O)COc1cc2cc(C(C)(C)O)sc2c(Cl)c1Cl. The van der Waals surface area contributed by atoms with Crippen LogP contribution in [0, 0.1) is 0 Å². The molecule has 24 heavy (non-hydrogen) atoms. The lowest BCUT2D eigenvalue weighted by molar-refractivity contribution is -0.157. The highest BCUT2D eigenvalue weighted by Crippen LogP contribution is 2.44. The number of carbonyl (C=O) groups excluding carboxylic acids is 1. The molecule has 0 aliphatic carbocycles. The molecule has 0 radical (unpaired) electrons. The van der Waals surface area contributed by atoms with Crippen LogP contribution >= 0.6 is 34.5 Å². The van der Waals surface area contributed by atoms with Crippen LogP contribution in [0.15, 0.2) is 12.1 Å². The molecule has 0 spiro atoms. The molecule has 2 aromatic rings. The maximum absolute atomic E-state index is 11.8. The van der Waals surface area contributed by atoms with E-state index in [1.807, 2.05) is 6.07 Å². The number of fused-ring (bicyclic) bond motifs is 1. The van der Waals surface area contributed by atoms with Gasteiger partial charge in [-0.15, -0.1) is 11.3 Å². The number of esters is 1. The molecule has 0 atom stereocenters. The van der Waals surface area contributed by atoms with Gasteiger partial charge in [0, 0.05) is 4.88 Å². The van der Waals surface area contributed by atoms with E-state index in [9.17, 15) is 9.90 Å². The molecule has 1 heterocycles. The van der Waals surface area contributed by atoms with Crippen LogP contribution in [0.1, 0.15) is 39.5 Å². The number of aliphatic hydroxyl groups is 1. The third-order valence-electron chi connectivity index (χ3n) is 3.02. The zero-order valence-electron chi connectivity index (χ0n) is 14.2. The molecule has 0 fully saturated rings. The Morgan fingerprint density at radius 2 is 1.79 bits per heavy atom. The van der Waals surface area contributed by atoms with E-state index in [2.05, 4.69) is 0 Å². The molecule has 7 heteroatoms. The van der Waals surface area contributed by atoms with E-state index in [0.717, 1.165) is 15.0 Å². The van der Waals surface area contributed by atoms with Crippen molar-refractivity contribution in [1.29, 1.82) is 0 Å². The summed E-state index contributed by atoms with van der Waals surface area (Å²) in [7, 11) is 0. The van der Waals surface area contributed by atoms with Crippen LogP contribution in [-0.2, 0) is 15.1 Å². The summed E-state index contributed by atoms with van der Waals surface area (Å²) in [5, 5.41) is 11.5. The van der Waals surface area contributed by atoms with Gasteiger partial charge in [-0.3, -0.25) is 0 Å². The van der Waals surface area contributed by atoms with Gasteiger partial charge in [-0.1, -0.05) is 23.2 Å². The van der Waals surface area contributed by atoms with Crippen LogP contribution < -0.4 is 4.74 Å². The van der Waals surface area contributed by atoms with Crippen molar-refractivity contribution in [3.8, 4) is 5.75 Å². The number of thiophene rings is 1. The molecular formula is C17H20Cl2O4S. The first-order chi connectivity index (χ1) is 10.9. The molecule has 132 valence electrons. The van der Waals surface area contributed by atoms with Gasteiger partial charge in [-0.25, -0.2) is 4.79 Å². The van der Waals surface area contributed by atoms with Crippen LogP contribution in [0.4, 0.5) is 0 Å². The predicted molar refractivity (Wildman–Crippen MR) is 98.4 cm³/mol. The van der Waals surface area contributed by atoms with Crippen LogP contribution in [0.5, 0.6) is 5.75 Å². The standard InChI is InChI=1S/C17H20Cl2O4S/c1-16(2,3)23-12(20)8-22-10-6-9-7-11(17(4,5)21)24-15(9)14(19)13(10)18/h6-7,21H,8H2,1-5H3. The van der Waals surface area contributed by atoms with E-state index in [4.69, 9.17) is 32.7 Å². The van der Waals surface area contributed by atoms with Crippen molar-refractivity contribution in [1.82, 2.24) is 0 Å². The van der Waals surface area contributed by atoms with E-state index < -0.39 is 17.2 Å². The number of ether oxygens (including phenoxy) is 2. The van der Waals surface area contributed by atoms with Gasteiger partial charge in [0.1, 0.15) is 16.4 Å². The number of halogens is 2. The summed E-state index contributed by atoms with van der Waals surface area (Å²) >= 11 is 13.9. The van der Waals surface area contributed by atoms with Gasteiger partial charge in [0.25, 0.3) is 0 Å².